The quantitative estimate of drug-likeness (QED) is 0.665. The molecule has 0 saturated carbocycles. The van der Waals surface area contributed by atoms with Gasteiger partial charge in [0.05, 0.1) is 0 Å². The van der Waals surface area contributed by atoms with Crippen molar-refractivity contribution in [3.8, 4) is 0 Å². The topological polar surface area (TPSA) is 52.7 Å². The Bertz CT molecular complexity index is 923. The lowest BCUT2D eigenvalue weighted by atomic mass is 9.84. The van der Waals surface area contributed by atoms with Crippen molar-refractivity contribution < 1.29 is 9.59 Å². The minimum atomic E-state index is -0.0938. The van der Waals surface area contributed by atoms with Gasteiger partial charge < -0.3 is 15.1 Å². The molecule has 0 bridgehead atoms. The fraction of sp³-hybridized carbons (Fsp3) is 0.481. The molecule has 5 nitrogen and oxygen atoms in total. The maximum atomic E-state index is 12.7. The molecule has 0 spiro atoms. The molecule has 1 saturated heterocycles. The summed E-state index contributed by atoms with van der Waals surface area (Å²) in [5.74, 6) is 0.585. The summed E-state index contributed by atoms with van der Waals surface area (Å²) in [6, 6.07) is 15.5. The van der Waals surface area contributed by atoms with Crippen LogP contribution in [0.15, 0.2) is 48.5 Å². The van der Waals surface area contributed by atoms with Crippen LogP contribution in [0.3, 0.4) is 0 Å². The molecule has 0 aromatic heterocycles. The molecule has 2 aromatic carbocycles. The Morgan fingerprint density at radius 1 is 0.969 bits per heavy atom. The zero-order valence-electron chi connectivity index (χ0n) is 20.1. The van der Waals surface area contributed by atoms with Gasteiger partial charge in [-0.15, -0.1) is 0 Å². The first kappa shape index (κ1) is 23.8. The molecule has 0 radical (unpaired) electrons. The molecule has 5 heteroatoms. The molecule has 1 N–H and O–H groups in total. The van der Waals surface area contributed by atoms with Crippen LogP contribution in [0.1, 0.15) is 56.5 Å². The zero-order valence-corrected chi connectivity index (χ0v) is 20.1. The summed E-state index contributed by atoms with van der Waals surface area (Å²) in [6.45, 7) is 14.0. The maximum absolute atomic E-state index is 12.7. The lowest BCUT2D eigenvalue weighted by Gasteiger charge is -2.37. The standard InChI is InChI=1S/C27H37N3O2/c1-20(19-27(3,4)5)18-25(31)30-16-14-29(15-17-30)23-12-10-22(11-13-23)28-26(32)24-9-7-6-8-21(24)2/h6-13,20H,14-19H2,1-5H3,(H,28,32). The average Bonchev–Trinajstić information content (AvgIpc) is 2.73. The number of aryl methyl sites for hydroxylation is 1. The first-order valence-corrected chi connectivity index (χ1v) is 11.6. The van der Waals surface area contributed by atoms with E-state index in [-0.39, 0.29) is 17.2 Å². The number of hydrogen-bond acceptors (Lipinski definition) is 3. The summed E-state index contributed by atoms with van der Waals surface area (Å²) in [5, 5.41) is 2.97. The molecule has 1 aliphatic rings. The Morgan fingerprint density at radius 3 is 2.19 bits per heavy atom. The van der Waals surface area contributed by atoms with Crippen LogP contribution in [0.5, 0.6) is 0 Å². The van der Waals surface area contributed by atoms with E-state index in [1.165, 1.54) is 0 Å². The first-order valence-electron chi connectivity index (χ1n) is 11.6. The SMILES string of the molecule is Cc1ccccc1C(=O)Nc1ccc(N2CCN(C(=O)CC(C)CC(C)(C)C)CC2)cc1. The molecule has 1 aliphatic heterocycles. The number of rotatable bonds is 6. The molecule has 172 valence electrons. The Balaban J connectivity index is 1.50. The van der Waals surface area contributed by atoms with Crippen LogP contribution < -0.4 is 10.2 Å². The van der Waals surface area contributed by atoms with Crippen molar-refractivity contribution >= 4 is 23.2 Å². The van der Waals surface area contributed by atoms with Crippen molar-refractivity contribution in [1.82, 2.24) is 4.90 Å². The number of amides is 2. The Labute approximate surface area is 192 Å². The van der Waals surface area contributed by atoms with E-state index < -0.39 is 0 Å². The van der Waals surface area contributed by atoms with Gasteiger partial charge in [-0.3, -0.25) is 9.59 Å². The first-order chi connectivity index (χ1) is 15.1. The third kappa shape index (κ3) is 6.59. The van der Waals surface area contributed by atoms with Gasteiger partial charge in [-0.2, -0.15) is 0 Å². The second kappa shape index (κ2) is 10.2. The molecule has 1 unspecified atom stereocenters. The van der Waals surface area contributed by atoms with Crippen molar-refractivity contribution in [1.29, 1.82) is 0 Å². The summed E-state index contributed by atoms with van der Waals surface area (Å²) in [5.41, 5.74) is 3.80. The van der Waals surface area contributed by atoms with E-state index >= 15 is 0 Å². The molecule has 1 atom stereocenters. The number of carbonyl (C=O) groups is 2. The zero-order chi connectivity index (χ0) is 23.3. The Hall–Kier alpha value is -2.82. The van der Waals surface area contributed by atoms with Gasteiger partial charge in [-0.25, -0.2) is 0 Å². The molecule has 1 fully saturated rings. The van der Waals surface area contributed by atoms with Crippen LogP contribution in [0.25, 0.3) is 0 Å². The Kier molecular flexibility index (Phi) is 7.60. The molecule has 0 aliphatic carbocycles. The minimum Gasteiger partial charge on any atom is -0.368 e. The number of nitrogens with one attached hydrogen (secondary N) is 1. The van der Waals surface area contributed by atoms with Crippen LogP contribution in [0.4, 0.5) is 11.4 Å². The van der Waals surface area contributed by atoms with E-state index in [0.29, 0.717) is 17.9 Å². The van der Waals surface area contributed by atoms with Gasteiger partial charge in [0.1, 0.15) is 0 Å². The van der Waals surface area contributed by atoms with Gasteiger partial charge >= 0.3 is 0 Å². The largest absolute Gasteiger partial charge is 0.368 e. The number of nitrogens with zero attached hydrogens (tertiary/aromatic N) is 2. The number of hydrogen-bond donors (Lipinski definition) is 1. The molecular formula is C27H37N3O2. The van der Waals surface area contributed by atoms with E-state index in [0.717, 1.165) is 49.5 Å². The highest BCUT2D eigenvalue weighted by molar-refractivity contribution is 6.05. The smallest absolute Gasteiger partial charge is 0.255 e. The van der Waals surface area contributed by atoms with Crippen molar-refractivity contribution in [2.45, 2.75) is 47.5 Å². The van der Waals surface area contributed by atoms with Crippen LogP contribution in [-0.2, 0) is 4.79 Å². The second-order valence-corrected chi connectivity index (χ2v) is 10.3. The molecule has 2 amide bonds. The van der Waals surface area contributed by atoms with E-state index in [1.807, 2.05) is 60.4 Å². The fourth-order valence-corrected chi connectivity index (χ4v) is 4.54. The van der Waals surface area contributed by atoms with Crippen LogP contribution in [0, 0.1) is 18.3 Å². The van der Waals surface area contributed by atoms with E-state index in [2.05, 4.69) is 37.9 Å². The predicted molar refractivity (Wildman–Crippen MR) is 132 cm³/mol. The summed E-state index contributed by atoms with van der Waals surface area (Å²) < 4.78 is 0. The van der Waals surface area contributed by atoms with Crippen molar-refractivity contribution in [2.24, 2.45) is 11.3 Å². The van der Waals surface area contributed by atoms with Gasteiger partial charge in [0.15, 0.2) is 0 Å². The molecular weight excluding hydrogens is 398 g/mol. The third-order valence-corrected chi connectivity index (χ3v) is 6.00. The fourth-order valence-electron chi connectivity index (χ4n) is 4.54. The lowest BCUT2D eigenvalue weighted by molar-refractivity contribution is -0.132. The normalized spacial score (nSPS) is 15.4. The highest BCUT2D eigenvalue weighted by Crippen LogP contribution is 2.27. The third-order valence-electron chi connectivity index (χ3n) is 6.00. The minimum absolute atomic E-state index is 0.0938. The van der Waals surface area contributed by atoms with Crippen LogP contribution in [-0.4, -0.2) is 42.9 Å². The van der Waals surface area contributed by atoms with Crippen LogP contribution >= 0.6 is 0 Å². The van der Waals surface area contributed by atoms with Gasteiger partial charge in [0.2, 0.25) is 5.91 Å². The maximum Gasteiger partial charge on any atom is 0.255 e. The molecule has 32 heavy (non-hydrogen) atoms. The molecule has 3 rings (SSSR count). The van der Waals surface area contributed by atoms with E-state index in [1.54, 1.807) is 0 Å². The average molecular weight is 436 g/mol. The summed E-state index contributed by atoms with van der Waals surface area (Å²) in [6.07, 6.45) is 1.69. The van der Waals surface area contributed by atoms with E-state index in [4.69, 9.17) is 0 Å². The second-order valence-electron chi connectivity index (χ2n) is 10.3. The monoisotopic (exact) mass is 435 g/mol. The number of carbonyl (C=O) groups excluding carboxylic acids is 2. The number of benzene rings is 2. The summed E-state index contributed by atoms with van der Waals surface area (Å²) >= 11 is 0. The highest BCUT2D eigenvalue weighted by atomic mass is 16.2. The van der Waals surface area contributed by atoms with Gasteiger partial charge in [0.25, 0.3) is 5.91 Å². The number of anilines is 2. The highest BCUT2D eigenvalue weighted by Gasteiger charge is 2.24. The van der Waals surface area contributed by atoms with Crippen molar-refractivity contribution in [2.75, 3.05) is 36.4 Å². The van der Waals surface area contributed by atoms with Crippen LogP contribution in [0.2, 0.25) is 0 Å². The van der Waals surface area contributed by atoms with Gasteiger partial charge in [-0.05, 0) is 60.6 Å². The summed E-state index contributed by atoms with van der Waals surface area (Å²) in [7, 11) is 0. The van der Waals surface area contributed by atoms with Gasteiger partial charge in [-0.1, -0.05) is 45.9 Å². The predicted octanol–water partition coefficient (Wildman–Crippen LogP) is 5.36. The number of piperazine rings is 1. The van der Waals surface area contributed by atoms with Crippen molar-refractivity contribution in [3.05, 3.63) is 59.7 Å². The Morgan fingerprint density at radius 2 is 1.59 bits per heavy atom. The van der Waals surface area contributed by atoms with Gasteiger partial charge in [0, 0.05) is 49.5 Å². The lowest BCUT2D eigenvalue weighted by Crippen LogP contribution is -2.49. The molecule has 2 aromatic rings. The molecule has 1 heterocycles. The van der Waals surface area contributed by atoms with Crippen molar-refractivity contribution in [3.63, 3.8) is 0 Å². The van der Waals surface area contributed by atoms with E-state index in [9.17, 15) is 9.59 Å². The summed E-state index contributed by atoms with van der Waals surface area (Å²) in [4.78, 5) is 29.5.